The molecule has 0 aromatic rings. The van der Waals surface area contributed by atoms with Gasteiger partial charge in [0, 0.05) is 0 Å². The lowest BCUT2D eigenvalue weighted by Crippen LogP contribution is -2.66. The first-order chi connectivity index (χ1) is 11.7. The van der Waals surface area contributed by atoms with E-state index in [2.05, 4.69) is 13.8 Å². The van der Waals surface area contributed by atoms with Gasteiger partial charge in [-0.15, -0.1) is 0 Å². The Hall–Kier alpha value is -0.610. The highest BCUT2D eigenvalue weighted by Gasteiger charge is 2.68. The van der Waals surface area contributed by atoms with Crippen molar-refractivity contribution in [1.82, 2.24) is 0 Å². The summed E-state index contributed by atoms with van der Waals surface area (Å²) in [6, 6.07) is 0. The minimum absolute atomic E-state index is 0.0350. The Morgan fingerprint density at radius 3 is 2.52 bits per heavy atom. The van der Waals surface area contributed by atoms with Gasteiger partial charge in [0.15, 0.2) is 0 Å². The molecule has 7 atom stereocenters. The van der Waals surface area contributed by atoms with Gasteiger partial charge in [-0.25, -0.2) is 0 Å². The number of aliphatic hydroxyl groups excluding tert-OH is 1. The van der Waals surface area contributed by atoms with Crippen LogP contribution in [0.2, 0.25) is 0 Å². The zero-order chi connectivity index (χ0) is 18.1. The molecule has 0 aliphatic heterocycles. The van der Waals surface area contributed by atoms with Crippen LogP contribution in [-0.4, -0.2) is 35.5 Å². The molecule has 0 aromatic carbocycles. The van der Waals surface area contributed by atoms with Crippen molar-refractivity contribution >= 4 is 5.97 Å². The van der Waals surface area contributed by atoms with Gasteiger partial charge in [0.05, 0.1) is 24.7 Å². The maximum atomic E-state index is 12.7. The predicted octanol–water partition coefficient (Wildman–Crippen LogP) is 3.30. The van der Waals surface area contributed by atoms with E-state index in [1.807, 2.05) is 0 Å². The number of hydrogen-bond acceptors (Lipinski definition) is 4. The second kappa shape index (κ2) is 5.45. The summed E-state index contributed by atoms with van der Waals surface area (Å²) in [5.41, 5.74) is -0.938. The van der Waals surface area contributed by atoms with Crippen LogP contribution in [0.5, 0.6) is 0 Å². The molecule has 142 valence electrons. The second-order valence-electron chi connectivity index (χ2n) is 10.2. The molecule has 5 rings (SSSR count). The summed E-state index contributed by atoms with van der Waals surface area (Å²) >= 11 is 0. The van der Waals surface area contributed by atoms with Crippen molar-refractivity contribution in [3.63, 3.8) is 0 Å². The minimum atomic E-state index is -0.877. The number of fused-ring (bicyclic) bond motifs is 3. The molecule has 2 bridgehead atoms. The zero-order valence-electron chi connectivity index (χ0n) is 16.0. The van der Waals surface area contributed by atoms with E-state index in [1.165, 1.54) is 20.0 Å². The molecule has 4 heteroatoms. The van der Waals surface area contributed by atoms with Crippen LogP contribution in [0.15, 0.2) is 0 Å². The fourth-order valence-corrected chi connectivity index (χ4v) is 8.17. The van der Waals surface area contributed by atoms with Crippen LogP contribution >= 0.6 is 0 Å². The number of carbonyl (C=O) groups is 1. The molecule has 0 heterocycles. The van der Waals surface area contributed by atoms with E-state index < -0.39 is 5.60 Å². The Bertz CT molecular complexity index is 576. The van der Waals surface area contributed by atoms with Crippen molar-refractivity contribution in [3.05, 3.63) is 0 Å². The van der Waals surface area contributed by atoms with E-state index in [9.17, 15) is 15.0 Å². The predicted molar refractivity (Wildman–Crippen MR) is 94.7 cm³/mol. The van der Waals surface area contributed by atoms with E-state index in [0.29, 0.717) is 11.8 Å². The molecule has 0 radical (unpaired) electrons. The van der Waals surface area contributed by atoms with Crippen molar-refractivity contribution in [1.29, 1.82) is 0 Å². The maximum Gasteiger partial charge on any atom is 0.311 e. The van der Waals surface area contributed by atoms with Gasteiger partial charge in [0.1, 0.15) is 0 Å². The standard InChI is InChI=1S/C21H34O4/c1-18-7-4-8-19(2,17(23)25-3)15(18)6-10-20-9-5-14(11-16(18)20)21(24,12-20)13-22/h14-16,22,24H,4-13H2,1-3H3/t14-,15-,16-,18+,19+,20+,21-/m0/s1. The number of esters is 1. The first kappa shape index (κ1) is 17.8. The maximum absolute atomic E-state index is 12.7. The second-order valence-corrected chi connectivity index (χ2v) is 10.2. The monoisotopic (exact) mass is 350 g/mol. The Kier molecular flexibility index (Phi) is 3.88. The Balaban J connectivity index is 1.72. The molecule has 5 saturated carbocycles. The van der Waals surface area contributed by atoms with Gasteiger partial charge in [-0.2, -0.15) is 0 Å². The summed E-state index contributed by atoms with van der Waals surface area (Å²) in [5, 5.41) is 20.8. The van der Waals surface area contributed by atoms with Gasteiger partial charge in [0.25, 0.3) is 0 Å². The smallest absolute Gasteiger partial charge is 0.311 e. The number of hydrogen-bond donors (Lipinski definition) is 2. The molecular formula is C21H34O4. The van der Waals surface area contributed by atoms with E-state index in [-0.39, 0.29) is 34.7 Å². The Morgan fingerprint density at radius 1 is 1.12 bits per heavy atom. The number of carbonyl (C=O) groups excluding carboxylic acids is 1. The first-order valence-electron chi connectivity index (χ1n) is 10.2. The van der Waals surface area contributed by atoms with Crippen LogP contribution in [0.25, 0.3) is 0 Å². The van der Waals surface area contributed by atoms with E-state index in [0.717, 1.165) is 44.9 Å². The van der Waals surface area contributed by atoms with Crippen molar-refractivity contribution in [2.24, 2.45) is 34.0 Å². The zero-order valence-corrected chi connectivity index (χ0v) is 16.0. The van der Waals surface area contributed by atoms with E-state index >= 15 is 0 Å². The lowest BCUT2D eigenvalue weighted by molar-refractivity contribution is -0.245. The topological polar surface area (TPSA) is 66.8 Å². The number of aliphatic hydroxyl groups is 2. The van der Waals surface area contributed by atoms with Gasteiger partial charge in [-0.3, -0.25) is 4.79 Å². The highest BCUT2D eigenvalue weighted by molar-refractivity contribution is 5.77. The van der Waals surface area contributed by atoms with E-state index in [1.54, 1.807) is 0 Å². The van der Waals surface area contributed by atoms with Crippen LogP contribution in [0.3, 0.4) is 0 Å². The van der Waals surface area contributed by atoms with Gasteiger partial charge in [0.2, 0.25) is 0 Å². The number of methoxy groups -OCH3 is 1. The normalized spacial score (nSPS) is 54.5. The lowest BCUT2D eigenvalue weighted by Gasteiger charge is -2.69. The lowest BCUT2D eigenvalue weighted by atomic mass is 9.35. The fourth-order valence-electron chi connectivity index (χ4n) is 8.17. The SMILES string of the molecule is COC(=O)[C@]1(C)CCC[C@@]2(C)[C@@H]3C[C@@H]4CC[C@@]3(CC[C@@H]21)C[C@]4(O)CO. The summed E-state index contributed by atoms with van der Waals surface area (Å²) in [5.74, 6) is 1.12. The van der Waals surface area contributed by atoms with Gasteiger partial charge in [-0.05, 0) is 86.9 Å². The summed E-state index contributed by atoms with van der Waals surface area (Å²) in [4.78, 5) is 12.7. The van der Waals surface area contributed by atoms with Crippen LogP contribution < -0.4 is 0 Å². The summed E-state index contributed by atoms with van der Waals surface area (Å²) in [6.45, 7) is 4.44. The molecule has 0 amide bonds. The molecule has 1 spiro atoms. The third-order valence-corrected chi connectivity index (χ3v) is 9.30. The van der Waals surface area contributed by atoms with Crippen molar-refractivity contribution in [2.45, 2.75) is 77.2 Å². The average molecular weight is 350 g/mol. The van der Waals surface area contributed by atoms with Crippen LogP contribution in [0.1, 0.15) is 71.6 Å². The third-order valence-electron chi connectivity index (χ3n) is 9.30. The molecule has 2 N–H and O–H groups in total. The number of ether oxygens (including phenoxy) is 1. The molecule has 25 heavy (non-hydrogen) atoms. The quantitative estimate of drug-likeness (QED) is 0.750. The Morgan fingerprint density at radius 2 is 1.84 bits per heavy atom. The van der Waals surface area contributed by atoms with Crippen molar-refractivity contribution in [2.75, 3.05) is 13.7 Å². The summed E-state index contributed by atoms with van der Waals surface area (Å²) in [6.07, 6.45) is 9.32. The van der Waals surface area contributed by atoms with Crippen molar-refractivity contribution < 1.29 is 19.7 Å². The third kappa shape index (κ3) is 2.16. The van der Waals surface area contributed by atoms with Crippen LogP contribution in [0, 0.1) is 34.0 Å². The van der Waals surface area contributed by atoms with Crippen LogP contribution in [0.4, 0.5) is 0 Å². The van der Waals surface area contributed by atoms with Gasteiger partial charge >= 0.3 is 5.97 Å². The molecule has 5 aliphatic carbocycles. The van der Waals surface area contributed by atoms with Gasteiger partial charge < -0.3 is 14.9 Å². The highest BCUT2D eigenvalue weighted by atomic mass is 16.5. The Labute approximate surface area is 151 Å². The van der Waals surface area contributed by atoms with Crippen LogP contribution in [-0.2, 0) is 9.53 Å². The number of rotatable bonds is 2. The fraction of sp³-hybridized carbons (Fsp3) is 0.952. The van der Waals surface area contributed by atoms with E-state index in [4.69, 9.17) is 4.74 Å². The molecule has 0 saturated heterocycles. The van der Waals surface area contributed by atoms with Gasteiger partial charge in [-0.1, -0.05) is 13.3 Å². The largest absolute Gasteiger partial charge is 0.469 e. The molecular weight excluding hydrogens is 316 g/mol. The highest BCUT2D eigenvalue weighted by Crippen LogP contribution is 2.72. The first-order valence-corrected chi connectivity index (χ1v) is 10.2. The molecule has 0 aromatic heterocycles. The molecule has 5 aliphatic rings. The van der Waals surface area contributed by atoms with Crippen molar-refractivity contribution in [3.8, 4) is 0 Å². The molecule has 4 nitrogen and oxygen atoms in total. The average Bonchev–Trinajstić information content (AvgIpc) is 2.60. The molecule has 5 fully saturated rings. The molecule has 0 unspecified atom stereocenters. The minimum Gasteiger partial charge on any atom is -0.469 e. The summed E-state index contributed by atoms with van der Waals surface area (Å²) in [7, 11) is 1.52. The summed E-state index contributed by atoms with van der Waals surface area (Å²) < 4.78 is 5.22.